The molecule has 2 aromatic heterocycles. The van der Waals surface area contributed by atoms with E-state index in [1.165, 1.54) is 10.2 Å². The van der Waals surface area contributed by atoms with Gasteiger partial charge in [0.1, 0.15) is 0 Å². The van der Waals surface area contributed by atoms with E-state index >= 15 is 0 Å². The predicted molar refractivity (Wildman–Crippen MR) is 100.0 cm³/mol. The molecule has 0 bridgehead atoms. The van der Waals surface area contributed by atoms with E-state index in [4.69, 9.17) is 0 Å². The van der Waals surface area contributed by atoms with Crippen LogP contribution in [0.15, 0.2) is 41.6 Å². The topological polar surface area (TPSA) is 80.1 Å². The van der Waals surface area contributed by atoms with Crippen molar-refractivity contribution in [3.63, 3.8) is 0 Å². The van der Waals surface area contributed by atoms with Gasteiger partial charge in [-0.05, 0) is 42.9 Å². The van der Waals surface area contributed by atoms with E-state index in [1.807, 2.05) is 12.1 Å². The van der Waals surface area contributed by atoms with Gasteiger partial charge in [0, 0.05) is 51.6 Å². The summed E-state index contributed by atoms with van der Waals surface area (Å²) in [5.41, 5.74) is 1.90. The Bertz CT molecular complexity index is 790. The molecule has 1 fully saturated rings. The minimum Gasteiger partial charge on any atom is -0.370 e. The van der Waals surface area contributed by atoms with Gasteiger partial charge in [0.2, 0.25) is 5.91 Å². The molecule has 2 aromatic rings. The molecule has 3 heterocycles. The van der Waals surface area contributed by atoms with E-state index in [2.05, 4.69) is 20.3 Å². The number of nitrogens with one attached hydrogen (secondary N) is 1. The van der Waals surface area contributed by atoms with Gasteiger partial charge in [0.15, 0.2) is 0 Å². The number of anilines is 1. The van der Waals surface area contributed by atoms with Gasteiger partial charge in [0.05, 0.1) is 11.9 Å². The fourth-order valence-electron chi connectivity index (χ4n) is 3.33. The molecule has 138 valence electrons. The maximum Gasteiger partial charge on any atom is 0.268 e. The fraction of sp³-hybridized carbons (Fsp3) is 0.474. The first-order valence-electron chi connectivity index (χ1n) is 9.06. The number of piperidine rings is 1. The average Bonchev–Trinajstić information content (AvgIpc) is 2.65. The minimum absolute atomic E-state index is 0.0907. The molecule has 26 heavy (non-hydrogen) atoms. The van der Waals surface area contributed by atoms with E-state index in [9.17, 15) is 9.59 Å². The summed E-state index contributed by atoms with van der Waals surface area (Å²) in [6, 6.07) is 5.54. The van der Waals surface area contributed by atoms with Crippen LogP contribution in [0, 0.1) is 5.92 Å². The van der Waals surface area contributed by atoms with Crippen LogP contribution in [0.4, 0.5) is 5.69 Å². The highest BCUT2D eigenvalue weighted by atomic mass is 16.1. The smallest absolute Gasteiger partial charge is 0.268 e. The lowest BCUT2D eigenvalue weighted by molar-refractivity contribution is -0.122. The van der Waals surface area contributed by atoms with Crippen LogP contribution in [0.25, 0.3) is 0 Å². The van der Waals surface area contributed by atoms with Crippen LogP contribution in [-0.4, -0.2) is 40.3 Å². The quantitative estimate of drug-likeness (QED) is 0.841. The Morgan fingerprint density at radius 1 is 1.35 bits per heavy atom. The monoisotopic (exact) mass is 355 g/mol. The zero-order valence-electron chi connectivity index (χ0n) is 15.1. The Morgan fingerprint density at radius 2 is 2.15 bits per heavy atom. The van der Waals surface area contributed by atoms with E-state index in [0.29, 0.717) is 18.9 Å². The molecule has 1 amide bonds. The Hall–Kier alpha value is -2.70. The lowest BCUT2D eigenvalue weighted by atomic mass is 9.94. The van der Waals surface area contributed by atoms with Gasteiger partial charge in [-0.25, -0.2) is 4.68 Å². The van der Waals surface area contributed by atoms with Crippen LogP contribution in [-0.2, 0) is 18.3 Å². The van der Waals surface area contributed by atoms with E-state index < -0.39 is 0 Å². The number of aromatic nitrogens is 3. The summed E-state index contributed by atoms with van der Waals surface area (Å²) in [6.45, 7) is 2.32. The molecule has 0 aliphatic carbocycles. The first-order valence-corrected chi connectivity index (χ1v) is 9.06. The van der Waals surface area contributed by atoms with Gasteiger partial charge in [-0.2, -0.15) is 5.10 Å². The molecule has 1 N–H and O–H groups in total. The number of carbonyl (C=O) groups excluding carboxylic acids is 1. The van der Waals surface area contributed by atoms with Crippen LogP contribution in [0.3, 0.4) is 0 Å². The third-order valence-electron chi connectivity index (χ3n) is 4.80. The summed E-state index contributed by atoms with van der Waals surface area (Å²) < 4.78 is 1.32. The number of carbonyl (C=O) groups is 1. The number of nitrogens with zero attached hydrogens (tertiary/aromatic N) is 4. The zero-order chi connectivity index (χ0) is 18.4. The number of amides is 1. The van der Waals surface area contributed by atoms with E-state index in [1.54, 1.807) is 31.7 Å². The van der Waals surface area contributed by atoms with Crippen molar-refractivity contribution in [2.24, 2.45) is 13.0 Å². The molecule has 0 aromatic carbocycles. The highest BCUT2D eigenvalue weighted by Crippen LogP contribution is 2.23. The van der Waals surface area contributed by atoms with Crippen LogP contribution >= 0.6 is 0 Å². The summed E-state index contributed by atoms with van der Waals surface area (Å²) in [5, 5.41) is 7.09. The average molecular weight is 355 g/mol. The van der Waals surface area contributed by atoms with Crippen LogP contribution in [0.2, 0.25) is 0 Å². The molecule has 0 radical (unpaired) electrons. The van der Waals surface area contributed by atoms with Crippen molar-refractivity contribution in [1.82, 2.24) is 20.1 Å². The lowest BCUT2D eigenvalue weighted by Gasteiger charge is -2.33. The van der Waals surface area contributed by atoms with Gasteiger partial charge in [0.25, 0.3) is 5.56 Å². The molecule has 7 heteroatoms. The normalized spacial score (nSPS) is 17.1. The molecule has 1 atom stereocenters. The molecular weight excluding hydrogens is 330 g/mol. The third kappa shape index (κ3) is 4.91. The number of pyridine rings is 1. The summed E-state index contributed by atoms with van der Waals surface area (Å²) in [5.74, 6) is 0.391. The second kappa shape index (κ2) is 8.60. The number of hydrogen-bond donors (Lipinski definition) is 1. The largest absolute Gasteiger partial charge is 0.370 e. The molecule has 3 rings (SSSR count). The summed E-state index contributed by atoms with van der Waals surface area (Å²) >= 11 is 0. The van der Waals surface area contributed by atoms with Crippen molar-refractivity contribution in [3.05, 3.63) is 52.7 Å². The van der Waals surface area contributed by atoms with Crippen molar-refractivity contribution < 1.29 is 4.79 Å². The maximum absolute atomic E-state index is 12.2. The Labute approximate surface area is 153 Å². The lowest BCUT2D eigenvalue weighted by Crippen LogP contribution is -2.39. The van der Waals surface area contributed by atoms with Crippen molar-refractivity contribution in [3.8, 4) is 0 Å². The van der Waals surface area contributed by atoms with Crippen LogP contribution < -0.4 is 15.8 Å². The highest BCUT2D eigenvalue weighted by molar-refractivity contribution is 5.76. The predicted octanol–water partition coefficient (Wildman–Crippen LogP) is 1.14. The summed E-state index contributed by atoms with van der Waals surface area (Å²) in [4.78, 5) is 30.2. The number of hydrogen-bond acceptors (Lipinski definition) is 5. The van der Waals surface area contributed by atoms with Crippen LogP contribution in [0.1, 0.15) is 24.8 Å². The molecule has 1 aliphatic heterocycles. The van der Waals surface area contributed by atoms with Gasteiger partial charge < -0.3 is 10.2 Å². The Kier molecular flexibility index (Phi) is 5.99. The molecule has 0 saturated carbocycles. The minimum atomic E-state index is -0.113. The maximum atomic E-state index is 12.2. The molecule has 0 spiro atoms. The molecule has 1 unspecified atom stereocenters. The standard InChI is InChI=1S/C19H25N5O2/c1-23-19(26)12-17(13-22-23)24-10-2-3-16(14-24)11-18(25)21-9-6-15-4-7-20-8-5-15/h4-5,7-8,12-13,16H,2-3,6,9-11,14H2,1H3,(H,21,25). The first-order chi connectivity index (χ1) is 12.6. The van der Waals surface area contributed by atoms with Gasteiger partial charge >= 0.3 is 0 Å². The second-order valence-corrected chi connectivity index (χ2v) is 6.79. The van der Waals surface area contributed by atoms with Crippen molar-refractivity contribution >= 4 is 11.6 Å². The van der Waals surface area contributed by atoms with Crippen LogP contribution in [0.5, 0.6) is 0 Å². The summed E-state index contributed by atoms with van der Waals surface area (Å²) in [7, 11) is 1.64. The second-order valence-electron chi connectivity index (χ2n) is 6.79. The molecule has 1 aliphatic rings. The van der Waals surface area contributed by atoms with E-state index in [0.717, 1.165) is 38.0 Å². The zero-order valence-corrected chi connectivity index (χ0v) is 15.1. The van der Waals surface area contributed by atoms with Gasteiger partial charge in [-0.15, -0.1) is 0 Å². The fourth-order valence-corrected chi connectivity index (χ4v) is 3.33. The summed E-state index contributed by atoms with van der Waals surface area (Å²) in [6.07, 6.45) is 8.63. The van der Waals surface area contributed by atoms with Gasteiger partial charge in [-0.1, -0.05) is 0 Å². The molecule has 1 saturated heterocycles. The molecule has 7 nitrogen and oxygen atoms in total. The Balaban J connectivity index is 1.47. The van der Waals surface area contributed by atoms with Crippen molar-refractivity contribution in [1.29, 1.82) is 0 Å². The third-order valence-corrected chi connectivity index (χ3v) is 4.80. The van der Waals surface area contributed by atoms with Crippen molar-refractivity contribution in [2.75, 3.05) is 24.5 Å². The Morgan fingerprint density at radius 3 is 2.92 bits per heavy atom. The SMILES string of the molecule is Cn1ncc(N2CCCC(CC(=O)NCCc3ccncc3)C2)cc1=O. The first kappa shape index (κ1) is 18.1. The van der Waals surface area contributed by atoms with Crippen molar-refractivity contribution in [2.45, 2.75) is 25.7 Å². The van der Waals surface area contributed by atoms with E-state index in [-0.39, 0.29) is 11.5 Å². The number of rotatable bonds is 6. The number of aryl methyl sites for hydroxylation is 1. The highest BCUT2D eigenvalue weighted by Gasteiger charge is 2.23. The molecular formula is C19H25N5O2. The van der Waals surface area contributed by atoms with Gasteiger partial charge in [-0.3, -0.25) is 14.6 Å².